The summed E-state index contributed by atoms with van der Waals surface area (Å²) in [6, 6.07) is 0. The molecule has 0 amide bonds. The second kappa shape index (κ2) is 2.71. The molecule has 0 aliphatic carbocycles. The Bertz CT molecular complexity index is 409. The molecule has 0 fully saturated rings. The molecule has 2 rings (SSSR count). The average Bonchev–Trinajstić information content (AvgIpc) is 2.46. The van der Waals surface area contributed by atoms with Crippen LogP contribution in [0, 0.1) is 0 Å². The topological polar surface area (TPSA) is 43.6 Å². The van der Waals surface area contributed by atoms with E-state index in [9.17, 15) is 0 Å². The van der Waals surface area contributed by atoms with Crippen molar-refractivity contribution >= 4 is 22.6 Å². The summed E-state index contributed by atoms with van der Waals surface area (Å²) in [6.45, 7) is 2.79. The standard InChI is InChI=1S/C7H7ClN4/c1-2-12-6-5(4-10-12)3-9-7(8)11-6/h3-4H,2H2,1H3. The summed E-state index contributed by atoms with van der Waals surface area (Å²) in [7, 11) is 0. The van der Waals surface area contributed by atoms with Gasteiger partial charge >= 0.3 is 0 Å². The molecular formula is C7H7ClN4. The van der Waals surface area contributed by atoms with Crippen molar-refractivity contribution in [1.29, 1.82) is 0 Å². The lowest BCUT2D eigenvalue weighted by atomic mass is 10.4. The highest BCUT2D eigenvalue weighted by Gasteiger charge is 2.02. The van der Waals surface area contributed by atoms with Crippen LogP contribution < -0.4 is 0 Å². The fourth-order valence-corrected chi connectivity index (χ4v) is 1.21. The molecule has 0 aromatic carbocycles. The maximum atomic E-state index is 5.64. The van der Waals surface area contributed by atoms with Crippen molar-refractivity contribution in [2.45, 2.75) is 13.5 Å². The van der Waals surface area contributed by atoms with Gasteiger partial charge in [0.05, 0.1) is 11.6 Å². The van der Waals surface area contributed by atoms with Gasteiger partial charge in [-0.3, -0.25) is 0 Å². The monoisotopic (exact) mass is 182 g/mol. The van der Waals surface area contributed by atoms with Crippen molar-refractivity contribution in [1.82, 2.24) is 19.7 Å². The Balaban J connectivity index is 2.75. The van der Waals surface area contributed by atoms with E-state index in [1.807, 2.05) is 6.92 Å². The van der Waals surface area contributed by atoms with Crippen LogP contribution in [0.3, 0.4) is 0 Å². The fourth-order valence-electron chi connectivity index (χ4n) is 1.08. The lowest BCUT2D eigenvalue weighted by Crippen LogP contribution is -1.97. The molecule has 2 aromatic rings. The first-order valence-electron chi connectivity index (χ1n) is 3.65. The zero-order valence-electron chi connectivity index (χ0n) is 6.53. The molecule has 0 radical (unpaired) electrons. The minimum absolute atomic E-state index is 0.262. The van der Waals surface area contributed by atoms with Gasteiger partial charge in [-0.15, -0.1) is 0 Å². The van der Waals surface area contributed by atoms with Gasteiger partial charge in [0.2, 0.25) is 5.28 Å². The highest BCUT2D eigenvalue weighted by atomic mass is 35.5. The Morgan fingerprint density at radius 1 is 1.50 bits per heavy atom. The maximum absolute atomic E-state index is 5.64. The van der Waals surface area contributed by atoms with E-state index in [0.717, 1.165) is 17.6 Å². The van der Waals surface area contributed by atoms with Crippen LogP contribution in [0.15, 0.2) is 12.4 Å². The number of fused-ring (bicyclic) bond motifs is 1. The summed E-state index contributed by atoms with van der Waals surface area (Å²) in [5.74, 6) is 0. The van der Waals surface area contributed by atoms with Crippen molar-refractivity contribution in [3.05, 3.63) is 17.7 Å². The van der Waals surface area contributed by atoms with Crippen LogP contribution in [-0.4, -0.2) is 19.7 Å². The minimum atomic E-state index is 0.262. The molecule has 0 atom stereocenters. The molecule has 0 saturated heterocycles. The van der Waals surface area contributed by atoms with Crippen LogP contribution in [0.25, 0.3) is 11.0 Å². The second-order valence-corrected chi connectivity index (χ2v) is 2.72. The maximum Gasteiger partial charge on any atom is 0.224 e. The Labute approximate surface area is 74.2 Å². The van der Waals surface area contributed by atoms with Crippen LogP contribution in [0.4, 0.5) is 0 Å². The van der Waals surface area contributed by atoms with E-state index in [2.05, 4.69) is 15.1 Å². The highest BCUT2D eigenvalue weighted by Crippen LogP contribution is 2.11. The van der Waals surface area contributed by atoms with Crippen molar-refractivity contribution in [3.63, 3.8) is 0 Å². The van der Waals surface area contributed by atoms with Crippen LogP contribution in [0.5, 0.6) is 0 Å². The minimum Gasteiger partial charge on any atom is -0.247 e. The first kappa shape index (κ1) is 7.49. The number of rotatable bonds is 1. The molecular weight excluding hydrogens is 176 g/mol. The van der Waals surface area contributed by atoms with E-state index >= 15 is 0 Å². The molecule has 0 spiro atoms. The van der Waals surface area contributed by atoms with Crippen LogP contribution in [0.1, 0.15) is 6.92 Å². The van der Waals surface area contributed by atoms with Gasteiger partial charge in [0, 0.05) is 12.7 Å². The van der Waals surface area contributed by atoms with Gasteiger partial charge in [-0.25, -0.2) is 9.67 Å². The van der Waals surface area contributed by atoms with E-state index in [1.54, 1.807) is 17.1 Å². The molecule has 0 bridgehead atoms. The van der Waals surface area contributed by atoms with E-state index in [-0.39, 0.29) is 5.28 Å². The third-order valence-corrected chi connectivity index (χ3v) is 1.83. The van der Waals surface area contributed by atoms with Crippen molar-refractivity contribution in [2.24, 2.45) is 0 Å². The van der Waals surface area contributed by atoms with Crippen LogP contribution >= 0.6 is 11.6 Å². The number of nitrogens with zero attached hydrogens (tertiary/aromatic N) is 4. The average molecular weight is 183 g/mol. The highest BCUT2D eigenvalue weighted by molar-refractivity contribution is 6.28. The smallest absolute Gasteiger partial charge is 0.224 e. The number of halogens is 1. The Morgan fingerprint density at radius 3 is 3.08 bits per heavy atom. The first-order valence-corrected chi connectivity index (χ1v) is 4.03. The number of hydrogen-bond donors (Lipinski definition) is 0. The van der Waals surface area contributed by atoms with Gasteiger partial charge in [0.25, 0.3) is 0 Å². The molecule has 0 saturated carbocycles. The first-order chi connectivity index (χ1) is 5.81. The van der Waals surface area contributed by atoms with Crippen molar-refractivity contribution < 1.29 is 0 Å². The summed E-state index contributed by atoms with van der Waals surface area (Å²) in [5, 5.41) is 5.29. The zero-order valence-corrected chi connectivity index (χ0v) is 7.28. The van der Waals surface area contributed by atoms with Crippen molar-refractivity contribution in [3.8, 4) is 0 Å². The summed E-state index contributed by atoms with van der Waals surface area (Å²) in [5.41, 5.74) is 0.789. The summed E-state index contributed by atoms with van der Waals surface area (Å²) >= 11 is 5.64. The van der Waals surface area contributed by atoms with Crippen molar-refractivity contribution in [2.75, 3.05) is 0 Å². The van der Waals surface area contributed by atoms with E-state index in [0.29, 0.717) is 0 Å². The van der Waals surface area contributed by atoms with E-state index < -0.39 is 0 Å². The Morgan fingerprint density at radius 2 is 2.33 bits per heavy atom. The zero-order chi connectivity index (χ0) is 8.55. The van der Waals surface area contributed by atoms with Crippen LogP contribution in [0.2, 0.25) is 5.28 Å². The van der Waals surface area contributed by atoms with Gasteiger partial charge in [-0.05, 0) is 18.5 Å². The largest absolute Gasteiger partial charge is 0.247 e. The molecule has 2 aromatic heterocycles. The second-order valence-electron chi connectivity index (χ2n) is 2.38. The molecule has 0 aliphatic heterocycles. The Hall–Kier alpha value is -1.16. The molecule has 12 heavy (non-hydrogen) atoms. The number of aryl methyl sites for hydroxylation is 1. The molecule has 0 unspecified atom stereocenters. The van der Waals surface area contributed by atoms with Crippen LogP contribution in [-0.2, 0) is 6.54 Å². The van der Waals surface area contributed by atoms with Gasteiger partial charge in [0.15, 0.2) is 5.65 Å². The SMILES string of the molecule is CCn1ncc2cnc(Cl)nc21. The van der Waals surface area contributed by atoms with E-state index in [4.69, 9.17) is 11.6 Å². The molecule has 4 nitrogen and oxygen atoms in total. The third-order valence-electron chi connectivity index (χ3n) is 1.65. The van der Waals surface area contributed by atoms with Gasteiger partial charge in [0.1, 0.15) is 0 Å². The molecule has 5 heteroatoms. The van der Waals surface area contributed by atoms with E-state index in [1.165, 1.54) is 0 Å². The molecule has 2 heterocycles. The molecule has 0 aliphatic rings. The summed E-state index contributed by atoms with van der Waals surface area (Å²) < 4.78 is 1.78. The molecule has 62 valence electrons. The quantitative estimate of drug-likeness (QED) is 0.628. The molecule has 0 N–H and O–H groups in total. The number of hydrogen-bond acceptors (Lipinski definition) is 3. The predicted molar refractivity (Wildman–Crippen MR) is 46.0 cm³/mol. The summed E-state index contributed by atoms with van der Waals surface area (Å²) in [6.07, 6.45) is 3.40. The fraction of sp³-hybridized carbons (Fsp3) is 0.286. The van der Waals surface area contributed by atoms with Gasteiger partial charge in [-0.1, -0.05) is 0 Å². The number of aromatic nitrogens is 4. The van der Waals surface area contributed by atoms with Gasteiger partial charge in [-0.2, -0.15) is 10.1 Å². The predicted octanol–water partition coefficient (Wildman–Crippen LogP) is 1.50. The van der Waals surface area contributed by atoms with Gasteiger partial charge < -0.3 is 0 Å². The summed E-state index contributed by atoms with van der Waals surface area (Å²) in [4.78, 5) is 7.92. The Kier molecular flexibility index (Phi) is 1.69. The lowest BCUT2D eigenvalue weighted by Gasteiger charge is -1.95. The lowest BCUT2D eigenvalue weighted by molar-refractivity contribution is 0.676. The third kappa shape index (κ3) is 1.04. The normalized spacial score (nSPS) is 10.8.